The second-order valence-electron chi connectivity index (χ2n) is 5.81. The normalized spacial score (nSPS) is 11.8. The summed E-state index contributed by atoms with van der Waals surface area (Å²) in [5.74, 6) is 0.760. The van der Waals surface area contributed by atoms with Gasteiger partial charge in [-0.25, -0.2) is 4.39 Å². The molecule has 0 saturated heterocycles. The maximum absolute atomic E-state index is 14.4. The van der Waals surface area contributed by atoms with Gasteiger partial charge in [-0.05, 0) is 43.3 Å². The Hall–Kier alpha value is -3.07. The van der Waals surface area contributed by atoms with E-state index in [-0.39, 0.29) is 12.3 Å². The van der Waals surface area contributed by atoms with Gasteiger partial charge in [0.05, 0.1) is 18.0 Å². The van der Waals surface area contributed by atoms with Gasteiger partial charge in [0.2, 0.25) is 5.91 Å². The SMILES string of the molecule is COc1ccc(OCc2nnc(SC(C)C(N)=O)n2-c2ccccc2F)cc1. The van der Waals surface area contributed by atoms with Crippen LogP contribution < -0.4 is 15.2 Å². The van der Waals surface area contributed by atoms with Gasteiger partial charge in [-0.3, -0.25) is 9.36 Å². The lowest BCUT2D eigenvalue weighted by molar-refractivity contribution is -0.117. The highest BCUT2D eigenvalue weighted by molar-refractivity contribution is 8.00. The Labute approximate surface area is 165 Å². The summed E-state index contributed by atoms with van der Waals surface area (Å²) in [5, 5.41) is 8.02. The Morgan fingerprint density at radius 3 is 2.50 bits per heavy atom. The van der Waals surface area contributed by atoms with Crippen molar-refractivity contribution < 1.29 is 18.7 Å². The number of nitrogens with zero attached hydrogens (tertiary/aromatic N) is 3. The van der Waals surface area contributed by atoms with E-state index in [1.165, 1.54) is 10.6 Å². The molecule has 146 valence electrons. The van der Waals surface area contributed by atoms with Crippen molar-refractivity contribution in [3.63, 3.8) is 0 Å². The van der Waals surface area contributed by atoms with Crippen LogP contribution >= 0.6 is 11.8 Å². The third-order valence-electron chi connectivity index (χ3n) is 3.90. The predicted molar refractivity (Wildman–Crippen MR) is 103 cm³/mol. The third kappa shape index (κ3) is 4.42. The van der Waals surface area contributed by atoms with Crippen molar-refractivity contribution in [1.29, 1.82) is 0 Å². The molecule has 1 atom stereocenters. The smallest absolute Gasteiger partial charge is 0.230 e. The molecule has 7 nitrogen and oxygen atoms in total. The summed E-state index contributed by atoms with van der Waals surface area (Å²) in [7, 11) is 1.58. The number of carbonyl (C=O) groups excluding carboxylic acids is 1. The van der Waals surface area contributed by atoms with E-state index in [2.05, 4.69) is 10.2 Å². The van der Waals surface area contributed by atoms with Crippen LogP contribution in [0.25, 0.3) is 5.69 Å². The van der Waals surface area contributed by atoms with Gasteiger partial charge < -0.3 is 15.2 Å². The lowest BCUT2D eigenvalue weighted by Crippen LogP contribution is -2.23. The second kappa shape index (κ2) is 8.75. The van der Waals surface area contributed by atoms with Crippen LogP contribution in [0.3, 0.4) is 0 Å². The molecule has 9 heteroatoms. The van der Waals surface area contributed by atoms with Crippen molar-refractivity contribution in [2.45, 2.75) is 23.9 Å². The van der Waals surface area contributed by atoms with Crippen molar-refractivity contribution in [1.82, 2.24) is 14.8 Å². The zero-order valence-electron chi connectivity index (χ0n) is 15.3. The predicted octanol–water partition coefficient (Wildman–Crippen LogP) is 2.96. The zero-order valence-corrected chi connectivity index (χ0v) is 16.1. The number of rotatable bonds is 8. The standard InChI is InChI=1S/C19H19FN4O3S/c1-12(18(21)25)28-19-23-22-17(24(19)16-6-4-3-5-15(16)20)11-27-14-9-7-13(26-2)8-10-14/h3-10,12H,11H2,1-2H3,(H2,21,25). The molecule has 1 unspecified atom stereocenters. The van der Waals surface area contributed by atoms with Gasteiger partial charge in [0.1, 0.15) is 23.9 Å². The fraction of sp³-hybridized carbons (Fsp3) is 0.211. The van der Waals surface area contributed by atoms with Gasteiger partial charge in [0.25, 0.3) is 0 Å². The average molecular weight is 402 g/mol. The first-order chi connectivity index (χ1) is 13.5. The molecule has 0 aliphatic carbocycles. The summed E-state index contributed by atoms with van der Waals surface area (Å²) in [5.41, 5.74) is 5.61. The number of ether oxygens (including phenoxy) is 2. The third-order valence-corrected chi connectivity index (χ3v) is 4.96. The number of aromatic nitrogens is 3. The van der Waals surface area contributed by atoms with Crippen molar-refractivity contribution in [2.24, 2.45) is 5.73 Å². The highest BCUT2D eigenvalue weighted by atomic mass is 32.2. The van der Waals surface area contributed by atoms with E-state index in [0.717, 1.165) is 11.8 Å². The fourth-order valence-corrected chi connectivity index (χ4v) is 3.21. The van der Waals surface area contributed by atoms with Crippen molar-refractivity contribution in [3.8, 4) is 17.2 Å². The lowest BCUT2D eigenvalue weighted by Gasteiger charge is -2.13. The van der Waals surface area contributed by atoms with Crippen LogP contribution in [0.5, 0.6) is 11.5 Å². The number of amides is 1. The average Bonchev–Trinajstić information content (AvgIpc) is 3.09. The molecule has 0 radical (unpaired) electrons. The first-order valence-corrected chi connectivity index (χ1v) is 9.29. The zero-order chi connectivity index (χ0) is 20.1. The summed E-state index contributed by atoms with van der Waals surface area (Å²) in [6.07, 6.45) is 0. The van der Waals surface area contributed by atoms with E-state index in [9.17, 15) is 9.18 Å². The van der Waals surface area contributed by atoms with Crippen LogP contribution in [0.2, 0.25) is 0 Å². The largest absolute Gasteiger partial charge is 0.497 e. The molecule has 3 rings (SSSR count). The molecule has 0 fully saturated rings. The van der Waals surface area contributed by atoms with Crippen LogP contribution in [0.15, 0.2) is 53.7 Å². The summed E-state index contributed by atoms with van der Waals surface area (Å²) >= 11 is 1.11. The molecule has 0 bridgehead atoms. The van der Waals surface area contributed by atoms with Gasteiger partial charge in [0, 0.05) is 0 Å². The van der Waals surface area contributed by atoms with Crippen LogP contribution in [0.4, 0.5) is 4.39 Å². The lowest BCUT2D eigenvalue weighted by atomic mass is 10.3. The fourth-order valence-electron chi connectivity index (χ4n) is 2.38. The van der Waals surface area contributed by atoms with E-state index >= 15 is 0 Å². The number of benzene rings is 2. The van der Waals surface area contributed by atoms with E-state index in [1.54, 1.807) is 56.5 Å². The number of hydrogen-bond acceptors (Lipinski definition) is 6. The minimum atomic E-state index is -0.551. The van der Waals surface area contributed by atoms with Crippen LogP contribution in [0, 0.1) is 5.82 Å². The molecule has 0 saturated carbocycles. The van der Waals surface area contributed by atoms with E-state index in [4.69, 9.17) is 15.2 Å². The first kappa shape index (κ1) is 19.7. The molecule has 0 spiro atoms. The molecule has 3 aromatic rings. The highest BCUT2D eigenvalue weighted by Crippen LogP contribution is 2.27. The van der Waals surface area contributed by atoms with Gasteiger partial charge >= 0.3 is 0 Å². The molecular weight excluding hydrogens is 383 g/mol. The Morgan fingerprint density at radius 2 is 1.86 bits per heavy atom. The molecule has 1 heterocycles. The maximum Gasteiger partial charge on any atom is 0.230 e. The summed E-state index contributed by atoms with van der Waals surface area (Å²) < 4.78 is 26.8. The van der Waals surface area contributed by atoms with Gasteiger partial charge in [-0.2, -0.15) is 0 Å². The molecule has 0 aliphatic heterocycles. The van der Waals surface area contributed by atoms with Gasteiger partial charge in [-0.1, -0.05) is 23.9 Å². The van der Waals surface area contributed by atoms with E-state index in [1.807, 2.05) is 0 Å². The molecule has 2 N–H and O–H groups in total. The number of methoxy groups -OCH3 is 1. The molecule has 1 aromatic heterocycles. The second-order valence-corrected chi connectivity index (χ2v) is 7.12. The van der Waals surface area contributed by atoms with Crippen LogP contribution in [-0.2, 0) is 11.4 Å². The molecule has 0 aliphatic rings. The van der Waals surface area contributed by atoms with Crippen molar-refractivity contribution in [3.05, 3.63) is 60.2 Å². The van der Waals surface area contributed by atoms with E-state index < -0.39 is 17.0 Å². The molecular formula is C19H19FN4O3S. The van der Waals surface area contributed by atoms with E-state index in [0.29, 0.717) is 22.5 Å². The Kier molecular flexibility index (Phi) is 6.15. The molecule has 28 heavy (non-hydrogen) atoms. The molecule has 2 aromatic carbocycles. The number of para-hydroxylation sites is 1. The van der Waals surface area contributed by atoms with Crippen molar-refractivity contribution >= 4 is 17.7 Å². The van der Waals surface area contributed by atoms with Gasteiger partial charge in [-0.15, -0.1) is 10.2 Å². The monoisotopic (exact) mass is 402 g/mol. The first-order valence-electron chi connectivity index (χ1n) is 8.41. The Bertz CT molecular complexity index is 962. The number of carbonyl (C=O) groups is 1. The number of halogens is 1. The highest BCUT2D eigenvalue weighted by Gasteiger charge is 2.21. The molecule has 1 amide bonds. The summed E-state index contributed by atoms with van der Waals surface area (Å²) in [6.45, 7) is 1.71. The quantitative estimate of drug-likeness (QED) is 0.583. The Balaban J connectivity index is 1.90. The van der Waals surface area contributed by atoms with Crippen LogP contribution in [-0.4, -0.2) is 33.0 Å². The van der Waals surface area contributed by atoms with Crippen LogP contribution in [0.1, 0.15) is 12.7 Å². The maximum atomic E-state index is 14.4. The number of thioether (sulfide) groups is 1. The minimum absolute atomic E-state index is 0.0547. The summed E-state index contributed by atoms with van der Waals surface area (Å²) in [4.78, 5) is 11.4. The minimum Gasteiger partial charge on any atom is -0.497 e. The topological polar surface area (TPSA) is 92.3 Å². The van der Waals surface area contributed by atoms with Gasteiger partial charge in [0.15, 0.2) is 11.0 Å². The number of primary amides is 1. The Morgan fingerprint density at radius 1 is 1.18 bits per heavy atom. The summed E-state index contributed by atoms with van der Waals surface area (Å²) in [6, 6.07) is 13.3. The number of nitrogens with two attached hydrogens (primary N) is 1. The number of hydrogen-bond donors (Lipinski definition) is 1. The van der Waals surface area contributed by atoms with Crippen molar-refractivity contribution in [2.75, 3.05) is 7.11 Å².